The van der Waals surface area contributed by atoms with Gasteiger partial charge in [-0.05, 0) is 48.5 Å². The Labute approximate surface area is 293 Å². The molecule has 0 saturated heterocycles. The van der Waals surface area contributed by atoms with E-state index < -0.39 is 0 Å². The van der Waals surface area contributed by atoms with E-state index in [-0.39, 0.29) is 0 Å². The molecule has 6 heteroatoms. The van der Waals surface area contributed by atoms with Crippen LogP contribution in [0, 0.1) is 22.7 Å². The summed E-state index contributed by atoms with van der Waals surface area (Å²) in [6.45, 7) is 0. The molecule has 0 saturated carbocycles. The predicted octanol–water partition coefficient (Wildman–Crippen LogP) is 12.4. The van der Waals surface area contributed by atoms with Crippen LogP contribution in [0.25, 0.3) is 95.3 Å². The van der Waals surface area contributed by atoms with Crippen LogP contribution < -0.4 is 0 Å². The predicted molar refractivity (Wildman–Crippen MR) is 210 cm³/mol. The monoisotopic (exact) mass is 670 g/mol. The Morgan fingerprint density at radius 1 is 0.380 bits per heavy atom. The number of nitrogens with zero attached hydrogens (tertiary/aromatic N) is 4. The lowest BCUT2D eigenvalue weighted by molar-refractivity contribution is 1.09. The molecule has 0 aliphatic heterocycles. The van der Waals surface area contributed by atoms with Gasteiger partial charge in [-0.25, -0.2) is 0 Å². The van der Waals surface area contributed by atoms with E-state index in [9.17, 15) is 10.5 Å². The van der Waals surface area contributed by atoms with E-state index >= 15 is 0 Å². The Bertz CT molecular complexity index is 3130. The normalized spacial score (nSPS) is 12.0. The molecule has 0 spiro atoms. The number of aromatic nitrogens is 2. The zero-order valence-corrected chi connectivity index (χ0v) is 27.9. The number of hydrogen-bond acceptors (Lipinski definition) is 4. The molecule has 0 N–H and O–H groups in total. The van der Waals surface area contributed by atoms with Gasteiger partial charge in [-0.2, -0.15) is 10.5 Å². The molecule has 50 heavy (non-hydrogen) atoms. The lowest BCUT2D eigenvalue weighted by Gasteiger charge is -2.20. The molecule has 0 atom stereocenters. The minimum atomic E-state index is 0.506. The first-order valence-corrected chi connectivity index (χ1v) is 18.0. The molecule has 0 fully saturated rings. The maximum Gasteiger partial charge on any atom is 0.101 e. The van der Waals surface area contributed by atoms with E-state index in [2.05, 4.69) is 143 Å². The largest absolute Gasteiger partial charge is 0.305 e. The first kappa shape index (κ1) is 27.5. The van der Waals surface area contributed by atoms with Gasteiger partial charge in [0, 0.05) is 61.9 Å². The van der Waals surface area contributed by atoms with Crippen molar-refractivity contribution in [1.82, 2.24) is 9.13 Å². The Hall–Kier alpha value is -6.44. The van der Waals surface area contributed by atoms with Gasteiger partial charge in [0.05, 0.1) is 44.6 Å². The van der Waals surface area contributed by atoms with Gasteiger partial charge in [0.25, 0.3) is 0 Å². The topological polar surface area (TPSA) is 57.4 Å². The molecule has 0 radical (unpaired) electrons. The highest BCUT2D eigenvalue weighted by atomic mass is 32.1. The number of nitriles is 2. The number of benzene rings is 7. The van der Waals surface area contributed by atoms with Crippen molar-refractivity contribution < 1.29 is 0 Å². The summed E-state index contributed by atoms with van der Waals surface area (Å²) in [6.07, 6.45) is 0. The van der Waals surface area contributed by atoms with Crippen molar-refractivity contribution in [1.29, 1.82) is 10.5 Å². The average molecular weight is 671 g/mol. The third-order valence-corrected chi connectivity index (χ3v) is 12.5. The van der Waals surface area contributed by atoms with Crippen molar-refractivity contribution in [2.45, 2.75) is 0 Å². The molecule has 4 nitrogen and oxygen atoms in total. The molecule has 0 amide bonds. The van der Waals surface area contributed by atoms with E-state index in [1.54, 1.807) is 22.7 Å². The highest BCUT2D eigenvalue weighted by Gasteiger charge is 2.27. The summed E-state index contributed by atoms with van der Waals surface area (Å²) in [6, 6.07) is 51.6. The van der Waals surface area contributed by atoms with Crippen molar-refractivity contribution in [3.8, 4) is 23.5 Å². The molecule has 0 bridgehead atoms. The van der Waals surface area contributed by atoms with E-state index in [1.807, 2.05) is 12.1 Å². The summed E-state index contributed by atoms with van der Waals surface area (Å²) < 4.78 is 9.34. The SMILES string of the molecule is N#Cc1ccc(C#N)c(-n2c3ccccc3c3ccc4sc5ccccc5c4c32)c1-n1c2ccccc2c2ccc3sc4ccccc4c3c21. The molecule has 0 aliphatic rings. The van der Waals surface area contributed by atoms with Gasteiger partial charge in [-0.15, -0.1) is 22.7 Å². The van der Waals surface area contributed by atoms with E-state index in [0.717, 1.165) is 54.4 Å². The Morgan fingerprint density at radius 2 is 0.780 bits per heavy atom. The molecule has 4 aromatic heterocycles. The van der Waals surface area contributed by atoms with Crippen LogP contribution in [0.15, 0.2) is 133 Å². The standard InChI is InChI=1S/C44H22N4S2/c45-23-25-17-18-26(24-46)42(48-34-14-6-2-10-28(34)30-20-22-38-40(44(30)48)32-12-4-8-16-36(32)50-38)41(25)47-33-13-5-1-9-27(33)29-19-21-37-39(43(29)47)31-11-3-7-15-35(31)49-37/h1-22H. The number of hydrogen-bond donors (Lipinski definition) is 0. The summed E-state index contributed by atoms with van der Waals surface area (Å²) in [5, 5.41) is 31.0. The molecular formula is C44H22N4S2. The molecule has 230 valence electrons. The highest BCUT2D eigenvalue weighted by molar-refractivity contribution is 7.26. The number of rotatable bonds is 2. The van der Waals surface area contributed by atoms with Crippen LogP contribution in [-0.2, 0) is 0 Å². The molecular weight excluding hydrogens is 649 g/mol. The Balaban J connectivity index is 1.43. The summed E-state index contributed by atoms with van der Waals surface area (Å²) >= 11 is 3.56. The highest BCUT2D eigenvalue weighted by Crippen LogP contribution is 2.47. The second kappa shape index (κ2) is 10.0. The van der Waals surface area contributed by atoms with E-state index in [4.69, 9.17) is 0 Å². The van der Waals surface area contributed by atoms with E-state index in [1.165, 1.54) is 29.6 Å². The first-order chi connectivity index (χ1) is 24.7. The van der Waals surface area contributed by atoms with Crippen LogP contribution in [0.3, 0.4) is 0 Å². The summed E-state index contributed by atoms with van der Waals surface area (Å²) in [5.74, 6) is 0. The fourth-order valence-electron chi connectivity index (χ4n) is 8.21. The smallest absolute Gasteiger partial charge is 0.101 e. The van der Waals surface area contributed by atoms with Crippen molar-refractivity contribution in [3.05, 3.63) is 145 Å². The molecule has 0 aliphatic carbocycles. The number of fused-ring (bicyclic) bond motifs is 14. The quantitative estimate of drug-likeness (QED) is 0.184. The van der Waals surface area contributed by atoms with Gasteiger partial charge >= 0.3 is 0 Å². The fourth-order valence-corrected chi connectivity index (χ4v) is 10.4. The van der Waals surface area contributed by atoms with Gasteiger partial charge in [0.15, 0.2) is 0 Å². The molecule has 7 aromatic carbocycles. The third-order valence-electron chi connectivity index (χ3n) is 10.2. The molecule has 0 unspecified atom stereocenters. The number of para-hydroxylation sites is 2. The lowest BCUT2D eigenvalue weighted by Crippen LogP contribution is -2.08. The van der Waals surface area contributed by atoms with Crippen LogP contribution in [-0.4, -0.2) is 9.13 Å². The van der Waals surface area contributed by atoms with Gasteiger partial charge in [0.1, 0.15) is 12.1 Å². The van der Waals surface area contributed by atoms with Crippen LogP contribution in [0.1, 0.15) is 11.1 Å². The van der Waals surface area contributed by atoms with Gasteiger partial charge in [-0.3, -0.25) is 0 Å². The number of thiophene rings is 2. The van der Waals surface area contributed by atoms with Crippen molar-refractivity contribution in [2.24, 2.45) is 0 Å². The fraction of sp³-hybridized carbons (Fsp3) is 0. The van der Waals surface area contributed by atoms with E-state index in [0.29, 0.717) is 22.5 Å². The summed E-state index contributed by atoms with van der Waals surface area (Å²) in [5.41, 5.74) is 6.49. The van der Waals surface area contributed by atoms with Gasteiger partial charge in [-0.1, -0.05) is 84.9 Å². The Kier molecular flexibility index (Phi) is 5.52. The first-order valence-electron chi connectivity index (χ1n) is 16.4. The van der Waals surface area contributed by atoms with Gasteiger partial charge < -0.3 is 9.13 Å². The molecule has 11 aromatic rings. The Morgan fingerprint density at radius 3 is 1.22 bits per heavy atom. The maximum atomic E-state index is 10.9. The zero-order chi connectivity index (χ0) is 33.1. The lowest BCUT2D eigenvalue weighted by atomic mass is 10.0. The summed E-state index contributed by atoms with van der Waals surface area (Å²) in [7, 11) is 0. The third kappa shape index (κ3) is 3.46. The van der Waals surface area contributed by atoms with Crippen LogP contribution in [0.5, 0.6) is 0 Å². The molecule has 4 heterocycles. The van der Waals surface area contributed by atoms with Gasteiger partial charge in [0.2, 0.25) is 0 Å². The second-order valence-corrected chi connectivity index (χ2v) is 14.8. The van der Waals surface area contributed by atoms with Crippen LogP contribution in [0.4, 0.5) is 0 Å². The maximum absolute atomic E-state index is 10.9. The summed E-state index contributed by atoms with van der Waals surface area (Å²) in [4.78, 5) is 0. The van der Waals surface area contributed by atoms with Crippen LogP contribution >= 0.6 is 22.7 Å². The zero-order valence-electron chi connectivity index (χ0n) is 26.3. The molecule has 11 rings (SSSR count). The van der Waals surface area contributed by atoms with Crippen molar-refractivity contribution in [2.75, 3.05) is 0 Å². The average Bonchev–Trinajstić information content (AvgIpc) is 3.91. The van der Waals surface area contributed by atoms with Crippen molar-refractivity contribution in [3.63, 3.8) is 0 Å². The second-order valence-electron chi connectivity index (χ2n) is 12.7. The van der Waals surface area contributed by atoms with Crippen molar-refractivity contribution >= 4 is 107 Å². The minimum absolute atomic E-state index is 0.506. The minimum Gasteiger partial charge on any atom is -0.305 e. The van der Waals surface area contributed by atoms with Crippen LogP contribution in [0.2, 0.25) is 0 Å².